The number of imidazole rings is 1. The van der Waals surface area contributed by atoms with Gasteiger partial charge in [-0.2, -0.15) is 0 Å². The molecule has 2 saturated heterocycles. The number of fused-ring (bicyclic) bond motifs is 2. The molecule has 3 aliphatic rings. The number of H-pyrrole nitrogens is 1. The number of benzene rings is 3. The normalized spacial score (nSPS) is 17.8. The van der Waals surface area contributed by atoms with Crippen molar-refractivity contribution in [1.29, 1.82) is 0 Å². The van der Waals surface area contributed by atoms with E-state index in [1.165, 1.54) is 22.0 Å². The zero-order valence-corrected chi connectivity index (χ0v) is 31.7. The van der Waals surface area contributed by atoms with Crippen LogP contribution in [0.1, 0.15) is 59.4 Å². The lowest BCUT2D eigenvalue weighted by Crippen LogP contribution is -2.48. The summed E-state index contributed by atoms with van der Waals surface area (Å²) in [4.78, 5) is 71.7. The van der Waals surface area contributed by atoms with E-state index in [9.17, 15) is 24.0 Å². The maximum Gasteiger partial charge on any atom is 0.329 e. The van der Waals surface area contributed by atoms with E-state index >= 15 is 4.39 Å². The molecule has 1 unspecified atom stereocenters. The fourth-order valence-electron chi connectivity index (χ4n) is 8.57. The number of halogens is 1. The smallest absolute Gasteiger partial charge is 0.329 e. The fourth-order valence-corrected chi connectivity index (χ4v) is 8.57. The maximum absolute atomic E-state index is 16.4. The molecule has 0 aliphatic carbocycles. The molecule has 5 aromatic rings. The van der Waals surface area contributed by atoms with Crippen LogP contribution in [0.3, 0.4) is 0 Å². The van der Waals surface area contributed by atoms with Crippen molar-refractivity contribution < 1.29 is 23.6 Å². The van der Waals surface area contributed by atoms with Crippen molar-refractivity contribution in [2.75, 3.05) is 45.2 Å². The van der Waals surface area contributed by atoms with E-state index < -0.39 is 17.8 Å². The predicted molar refractivity (Wildman–Crippen MR) is 209 cm³/mol. The second kappa shape index (κ2) is 13.7. The summed E-state index contributed by atoms with van der Waals surface area (Å²) < 4.78 is 19.5. The van der Waals surface area contributed by atoms with Crippen LogP contribution in [0.5, 0.6) is 0 Å². The monoisotopic (exact) mass is 745 g/mol. The van der Waals surface area contributed by atoms with Crippen LogP contribution in [-0.4, -0.2) is 87.8 Å². The van der Waals surface area contributed by atoms with Gasteiger partial charge >= 0.3 is 5.69 Å². The van der Waals surface area contributed by atoms with Gasteiger partial charge in [0.15, 0.2) is 5.82 Å². The Balaban J connectivity index is 1.06. The van der Waals surface area contributed by atoms with Crippen molar-refractivity contribution in [2.45, 2.75) is 45.6 Å². The Kier molecular flexibility index (Phi) is 8.97. The number of anilines is 1. The molecule has 3 aliphatic heterocycles. The van der Waals surface area contributed by atoms with Gasteiger partial charge in [0, 0.05) is 71.6 Å². The molecule has 0 spiro atoms. The molecule has 0 bridgehead atoms. The molecule has 2 fully saturated rings. The van der Waals surface area contributed by atoms with Crippen molar-refractivity contribution in [1.82, 2.24) is 29.2 Å². The van der Waals surface area contributed by atoms with Gasteiger partial charge < -0.3 is 19.7 Å². The molecule has 4 amide bonds. The Bertz CT molecular complexity index is 2540. The predicted octanol–water partition coefficient (Wildman–Crippen LogP) is 4.93. The number of nitrogens with one attached hydrogen (secondary N) is 2. The van der Waals surface area contributed by atoms with Crippen LogP contribution >= 0.6 is 0 Å². The van der Waals surface area contributed by atoms with Crippen LogP contribution in [0.4, 0.5) is 10.1 Å². The minimum Gasteiger partial charge on any atom is -0.369 e. The lowest BCUT2D eigenvalue weighted by molar-refractivity contribution is -0.135. The highest BCUT2D eigenvalue weighted by atomic mass is 19.1. The number of carbonyl (C=O) groups excluding carboxylic acids is 4. The Hall–Kier alpha value is -5.98. The Labute approximate surface area is 317 Å². The maximum atomic E-state index is 16.4. The minimum absolute atomic E-state index is 0.0568. The number of piperidine rings is 1. The summed E-state index contributed by atoms with van der Waals surface area (Å²) >= 11 is 0. The molecule has 55 heavy (non-hydrogen) atoms. The van der Waals surface area contributed by atoms with Crippen LogP contribution in [0.15, 0.2) is 59.4 Å². The molecule has 284 valence electrons. The first-order chi connectivity index (χ1) is 26.3. The number of rotatable bonds is 7. The Morgan fingerprint density at radius 1 is 1.00 bits per heavy atom. The van der Waals surface area contributed by atoms with Crippen molar-refractivity contribution in [2.24, 2.45) is 13.0 Å². The molecule has 2 aromatic heterocycles. The standard InChI is InChI=1S/C42H44FN7O5/c1-23-16-25(17-26-20-49(21-26)33-9-6-10-34-39(33)47(5)42(55)50(34)35-13-14-36(52)45-40(35)53)11-12-28(23)30-18-29(27-8-7-15-48(22-27)24(2)51)37(43)38-31(30)19-32(44-38)41(54)46(3)4/h6,8-12,16,18-19,26,35,44H,7,13-15,17,20-22H2,1-5H3,(H,45,52,53). The Morgan fingerprint density at radius 2 is 1.78 bits per heavy atom. The van der Waals surface area contributed by atoms with E-state index in [1.54, 1.807) is 36.7 Å². The average molecular weight is 746 g/mol. The van der Waals surface area contributed by atoms with Crippen molar-refractivity contribution in [3.63, 3.8) is 0 Å². The number of para-hydroxylation sites is 1. The molecule has 8 rings (SSSR count). The summed E-state index contributed by atoms with van der Waals surface area (Å²) in [5.74, 6) is -1.16. The molecule has 13 heteroatoms. The largest absolute Gasteiger partial charge is 0.369 e. The minimum atomic E-state index is -0.738. The molecule has 1 atom stereocenters. The van der Waals surface area contributed by atoms with Gasteiger partial charge in [0.05, 0.1) is 22.2 Å². The quantitative estimate of drug-likeness (QED) is 0.227. The third-order valence-electron chi connectivity index (χ3n) is 11.4. The number of imide groups is 1. The van der Waals surface area contributed by atoms with Gasteiger partial charge in [0.25, 0.3) is 5.91 Å². The second-order valence-corrected chi connectivity index (χ2v) is 15.4. The summed E-state index contributed by atoms with van der Waals surface area (Å²) in [5.41, 5.74) is 7.72. The highest BCUT2D eigenvalue weighted by Crippen LogP contribution is 2.39. The molecule has 2 N–H and O–H groups in total. The SMILES string of the molecule is CC(=O)N1CCC=C(c2cc(-c3ccc(CC4CN(c5cccc6c5n(C)c(=O)n6C5CCC(=O)NC5=O)C4)cc3C)c3cc(C(=O)N(C)C)[nH]c3c2F)C1. The topological polar surface area (TPSA) is 133 Å². The molecule has 0 radical (unpaired) electrons. The van der Waals surface area contributed by atoms with Crippen LogP contribution in [0.2, 0.25) is 0 Å². The van der Waals surface area contributed by atoms with Crippen LogP contribution in [-0.2, 0) is 27.9 Å². The number of aromatic nitrogens is 3. The first kappa shape index (κ1) is 36.0. The third kappa shape index (κ3) is 6.21. The average Bonchev–Trinajstić information content (AvgIpc) is 3.70. The Morgan fingerprint density at radius 3 is 2.49 bits per heavy atom. The highest BCUT2D eigenvalue weighted by Gasteiger charge is 2.34. The van der Waals surface area contributed by atoms with Crippen molar-refractivity contribution in [3.05, 3.63) is 93.3 Å². The van der Waals surface area contributed by atoms with E-state index in [4.69, 9.17) is 0 Å². The summed E-state index contributed by atoms with van der Waals surface area (Å²) in [7, 11) is 5.04. The third-order valence-corrected chi connectivity index (χ3v) is 11.4. The first-order valence-electron chi connectivity index (χ1n) is 18.7. The molecule has 5 heterocycles. The fraction of sp³-hybridized carbons (Fsp3) is 0.357. The second-order valence-electron chi connectivity index (χ2n) is 15.4. The lowest BCUT2D eigenvalue weighted by Gasteiger charge is -2.41. The van der Waals surface area contributed by atoms with Crippen LogP contribution in [0.25, 0.3) is 38.6 Å². The molecular formula is C42H44FN7O5. The summed E-state index contributed by atoms with van der Waals surface area (Å²) in [5, 5.41) is 2.99. The molecule has 3 aromatic carbocycles. The summed E-state index contributed by atoms with van der Waals surface area (Å²) in [6, 6.07) is 15.0. The van der Waals surface area contributed by atoms with Gasteiger partial charge in [-0.25, -0.2) is 9.18 Å². The first-order valence-corrected chi connectivity index (χ1v) is 18.7. The number of carbonyl (C=O) groups is 4. The highest BCUT2D eigenvalue weighted by molar-refractivity contribution is 6.05. The van der Waals surface area contributed by atoms with E-state index in [-0.39, 0.29) is 41.8 Å². The number of nitrogens with zero attached hydrogens (tertiary/aromatic N) is 5. The van der Waals surface area contributed by atoms with Gasteiger partial charge in [0.2, 0.25) is 17.7 Å². The van der Waals surface area contributed by atoms with Gasteiger partial charge in [-0.05, 0) is 84.2 Å². The van der Waals surface area contributed by atoms with E-state index in [1.807, 2.05) is 37.3 Å². The van der Waals surface area contributed by atoms with Gasteiger partial charge in [0.1, 0.15) is 11.7 Å². The number of amides is 4. The van der Waals surface area contributed by atoms with E-state index in [0.29, 0.717) is 47.6 Å². The van der Waals surface area contributed by atoms with E-state index in [0.717, 1.165) is 53.0 Å². The van der Waals surface area contributed by atoms with Crippen molar-refractivity contribution >= 4 is 56.8 Å². The van der Waals surface area contributed by atoms with E-state index in [2.05, 4.69) is 33.4 Å². The van der Waals surface area contributed by atoms with Crippen LogP contribution in [0, 0.1) is 18.7 Å². The van der Waals surface area contributed by atoms with Gasteiger partial charge in [-0.1, -0.05) is 30.3 Å². The number of aromatic amines is 1. The van der Waals surface area contributed by atoms with Gasteiger partial charge in [-0.15, -0.1) is 0 Å². The zero-order valence-electron chi connectivity index (χ0n) is 31.7. The summed E-state index contributed by atoms with van der Waals surface area (Å²) in [6.45, 7) is 6.05. The number of aryl methyl sites for hydroxylation is 2. The van der Waals surface area contributed by atoms with Crippen LogP contribution < -0.4 is 15.9 Å². The molecule has 0 saturated carbocycles. The molecular weight excluding hydrogens is 702 g/mol. The van der Waals surface area contributed by atoms with Gasteiger partial charge in [-0.3, -0.25) is 33.6 Å². The zero-order chi connectivity index (χ0) is 38.9. The summed E-state index contributed by atoms with van der Waals surface area (Å²) in [6.07, 6.45) is 3.94. The molecule has 12 nitrogen and oxygen atoms in total. The lowest BCUT2D eigenvalue weighted by atomic mass is 9.88. The van der Waals surface area contributed by atoms with Crippen molar-refractivity contribution in [3.8, 4) is 11.1 Å². The number of hydrogen-bond acceptors (Lipinski definition) is 6. The number of hydrogen-bond donors (Lipinski definition) is 2.